The molecule has 1 aromatic carbocycles. The molecule has 1 fully saturated rings. The number of amides is 1. The van der Waals surface area contributed by atoms with Gasteiger partial charge in [-0.2, -0.15) is 0 Å². The van der Waals surface area contributed by atoms with Crippen molar-refractivity contribution in [1.82, 2.24) is 5.32 Å². The highest BCUT2D eigenvalue weighted by Gasteiger charge is 2.44. The van der Waals surface area contributed by atoms with Crippen LogP contribution in [0, 0.1) is 11.7 Å². The molecule has 0 aromatic heterocycles. The summed E-state index contributed by atoms with van der Waals surface area (Å²) in [7, 11) is 0. The number of halogens is 1. The van der Waals surface area contributed by atoms with Crippen LogP contribution in [0.4, 0.5) is 4.39 Å². The molecule has 98 valence electrons. The fourth-order valence-electron chi connectivity index (χ4n) is 2.07. The van der Waals surface area contributed by atoms with Crippen LogP contribution in [-0.4, -0.2) is 19.0 Å². The van der Waals surface area contributed by atoms with E-state index in [1.54, 1.807) is 19.1 Å². The van der Waals surface area contributed by atoms with Gasteiger partial charge in [-0.25, -0.2) is 4.39 Å². The zero-order chi connectivity index (χ0) is 13.2. The Kier molecular flexibility index (Phi) is 3.66. The summed E-state index contributed by atoms with van der Waals surface area (Å²) in [6, 6.07) is 6.64. The third-order valence-corrected chi connectivity index (χ3v) is 3.69. The zero-order valence-corrected chi connectivity index (χ0v) is 10.6. The molecular formula is C14H19FN2O. The largest absolute Gasteiger partial charge is 0.355 e. The number of carbonyl (C=O) groups excluding carboxylic acids is 1. The Bertz CT molecular complexity index is 443. The number of hydrogen-bond acceptors (Lipinski definition) is 2. The van der Waals surface area contributed by atoms with Gasteiger partial charge in [0.05, 0.1) is 0 Å². The van der Waals surface area contributed by atoms with Gasteiger partial charge in [-0.3, -0.25) is 4.79 Å². The van der Waals surface area contributed by atoms with E-state index < -0.39 is 0 Å². The first-order chi connectivity index (χ1) is 8.57. The second-order valence-corrected chi connectivity index (χ2v) is 5.15. The van der Waals surface area contributed by atoms with Crippen LogP contribution < -0.4 is 11.1 Å². The fraction of sp³-hybridized carbons (Fsp3) is 0.500. The lowest BCUT2D eigenvalue weighted by atomic mass is 9.95. The molecule has 3 nitrogen and oxygen atoms in total. The first-order valence-corrected chi connectivity index (χ1v) is 6.31. The van der Waals surface area contributed by atoms with E-state index in [1.807, 2.05) is 6.07 Å². The summed E-state index contributed by atoms with van der Waals surface area (Å²) in [5.41, 5.74) is 6.36. The fourth-order valence-corrected chi connectivity index (χ4v) is 2.07. The van der Waals surface area contributed by atoms with Crippen LogP contribution in [-0.2, 0) is 10.2 Å². The van der Waals surface area contributed by atoms with Gasteiger partial charge in [0.15, 0.2) is 0 Å². The monoisotopic (exact) mass is 250 g/mol. The van der Waals surface area contributed by atoms with E-state index in [9.17, 15) is 9.18 Å². The normalized spacial score (nSPS) is 18.2. The van der Waals surface area contributed by atoms with Gasteiger partial charge in [0, 0.05) is 24.4 Å². The minimum atomic E-state index is -0.222. The van der Waals surface area contributed by atoms with Crippen LogP contribution in [0.5, 0.6) is 0 Å². The van der Waals surface area contributed by atoms with Crippen LogP contribution in [0.15, 0.2) is 24.3 Å². The van der Waals surface area contributed by atoms with Gasteiger partial charge in [0.2, 0.25) is 5.91 Å². The number of carbonyl (C=O) groups is 1. The van der Waals surface area contributed by atoms with Crippen molar-refractivity contribution in [3.05, 3.63) is 35.6 Å². The van der Waals surface area contributed by atoms with Crippen LogP contribution in [0.25, 0.3) is 0 Å². The van der Waals surface area contributed by atoms with Gasteiger partial charge in [-0.15, -0.1) is 0 Å². The van der Waals surface area contributed by atoms with Crippen molar-refractivity contribution in [2.45, 2.75) is 25.2 Å². The Morgan fingerprint density at radius 2 is 2.28 bits per heavy atom. The Morgan fingerprint density at radius 3 is 2.83 bits per heavy atom. The van der Waals surface area contributed by atoms with E-state index in [0.29, 0.717) is 13.1 Å². The predicted molar refractivity (Wildman–Crippen MR) is 68.5 cm³/mol. The average Bonchev–Trinajstić information content (AvgIpc) is 3.16. The average molecular weight is 250 g/mol. The lowest BCUT2D eigenvalue weighted by molar-refractivity contribution is -0.124. The van der Waals surface area contributed by atoms with Crippen LogP contribution in [0.3, 0.4) is 0 Å². The summed E-state index contributed by atoms with van der Waals surface area (Å²) < 4.78 is 13.2. The maximum atomic E-state index is 13.2. The highest BCUT2D eigenvalue weighted by molar-refractivity contribution is 5.78. The molecule has 1 unspecified atom stereocenters. The first-order valence-electron chi connectivity index (χ1n) is 6.31. The Hall–Kier alpha value is -1.42. The molecule has 1 aromatic rings. The number of hydrogen-bond donors (Lipinski definition) is 2. The van der Waals surface area contributed by atoms with Gasteiger partial charge in [-0.1, -0.05) is 19.1 Å². The molecule has 3 N–H and O–H groups in total. The van der Waals surface area contributed by atoms with E-state index in [-0.39, 0.29) is 23.1 Å². The van der Waals surface area contributed by atoms with Gasteiger partial charge in [0.1, 0.15) is 5.82 Å². The second-order valence-electron chi connectivity index (χ2n) is 5.15. The minimum absolute atomic E-state index is 0.0276. The molecule has 1 atom stereocenters. The molecule has 0 bridgehead atoms. The third kappa shape index (κ3) is 2.70. The molecular weight excluding hydrogens is 231 g/mol. The number of rotatable bonds is 5. The maximum absolute atomic E-state index is 13.2. The topological polar surface area (TPSA) is 55.1 Å². The van der Waals surface area contributed by atoms with E-state index in [4.69, 9.17) is 5.73 Å². The van der Waals surface area contributed by atoms with Crippen molar-refractivity contribution < 1.29 is 9.18 Å². The van der Waals surface area contributed by atoms with Crippen molar-refractivity contribution in [2.24, 2.45) is 11.7 Å². The van der Waals surface area contributed by atoms with Crippen molar-refractivity contribution in [3.8, 4) is 0 Å². The van der Waals surface area contributed by atoms with Gasteiger partial charge in [-0.05, 0) is 30.5 Å². The molecule has 1 aliphatic carbocycles. The summed E-state index contributed by atoms with van der Waals surface area (Å²) in [4.78, 5) is 11.7. The SMILES string of the molecule is CC(CN)C(=O)NCC1(c2cccc(F)c2)CC1. The van der Waals surface area contributed by atoms with E-state index in [2.05, 4.69) is 5.32 Å². The molecule has 1 amide bonds. The highest BCUT2D eigenvalue weighted by Crippen LogP contribution is 2.47. The highest BCUT2D eigenvalue weighted by atomic mass is 19.1. The molecule has 2 rings (SSSR count). The van der Waals surface area contributed by atoms with Crippen molar-refractivity contribution in [3.63, 3.8) is 0 Å². The maximum Gasteiger partial charge on any atom is 0.224 e. The lowest BCUT2D eigenvalue weighted by Gasteiger charge is -2.18. The van der Waals surface area contributed by atoms with Crippen molar-refractivity contribution in [1.29, 1.82) is 0 Å². The molecule has 0 saturated heterocycles. The summed E-state index contributed by atoms with van der Waals surface area (Å²) in [5, 5.41) is 2.91. The number of benzene rings is 1. The Balaban J connectivity index is 1.99. The number of nitrogens with two attached hydrogens (primary N) is 1. The molecule has 1 aliphatic rings. The molecule has 0 radical (unpaired) electrons. The zero-order valence-electron chi connectivity index (χ0n) is 10.6. The molecule has 18 heavy (non-hydrogen) atoms. The van der Waals surface area contributed by atoms with Crippen LogP contribution >= 0.6 is 0 Å². The Labute approximate surface area is 107 Å². The molecule has 0 spiro atoms. The smallest absolute Gasteiger partial charge is 0.224 e. The molecule has 1 saturated carbocycles. The first kappa shape index (κ1) is 13.0. The quantitative estimate of drug-likeness (QED) is 0.833. The molecule has 0 aliphatic heterocycles. The van der Waals surface area contributed by atoms with Crippen molar-refractivity contribution in [2.75, 3.05) is 13.1 Å². The minimum Gasteiger partial charge on any atom is -0.355 e. The predicted octanol–water partition coefficient (Wildman–Crippen LogP) is 1.57. The van der Waals surface area contributed by atoms with Gasteiger partial charge in [0.25, 0.3) is 0 Å². The molecule has 0 heterocycles. The summed E-state index contributed by atoms with van der Waals surface area (Å²) in [5.74, 6) is -0.422. The van der Waals surface area contributed by atoms with E-state index >= 15 is 0 Å². The third-order valence-electron chi connectivity index (χ3n) is 3.69. The summed E-state index contributed by atoms with van der Waals surface area (Å²) >= 11 is 0. The van der Waals surface area contributed by atoms with Gasteiger partial charge >= 0.3 is 0 Å². The van der Waals surface area contributed by atoms with Crippen molar-refractivity contribution >= 4 is 5.91 Å². The summed E-state index contributed by atoms with van der Waals surface area (Å²) in [6.45, 7) is 2.72. The Morgan fingerprint density at radius 1 is 1.56 bits per heavy atom. The second kappa shape index (κ2) is 5.06. The van der Waals surface area contributed by atoms with E-state index in [0.717, 1.165) is 18.4 Å². The van der Waals surface area contributed by atoms with Crippen LogP contribution in [0.1, 0.15) is 25.3 Å². The molecule has 4 heteroatoms. The van der Waals surface area contributed by atoms with E-state index in [1.165, 1.54) is 6.07 Å². The van der Waals surface area contributed by atoms with Crippen LogP contribution in [0.2, 0.25) is 0 Å². The lowest BCUT2D eigenvalue weighted by Crippen LogP contribution is -2.38. The number of nitrogens with one attached hydrogen (secondary N) is 1. The summed E-state index contributed by atoms with van der Waals surface area (Å²) in [6.07, 6.45) is 1.99. The van der Waals surface area contributed by atoms with Gasteiger partial charge < -0.3 is 11.1 Å². The standard InChI is InChI=1S/C14H19FN2O/c1-10(8-16)13(18)17-9-14(5-6-14)11-3-2-4-12(15)7-11/h2-4,7,10H,5-6,8-9,16H2,1H3,(H,17,18).